The number of aromatic nitrogens is 2. The monoisotopic (exact) mass is 567 g/mol. The standard InChI is InChI=1S/C29H37N5O3S2/c1-6-31-13-15-32(16-14-31)23(35)18-33-24(36)19-39-26(22-8-7-17-38-22)25-27(29(2,3)4)30-34(28(25)33)20-9-11-21(37-5)12-10-20/h7-12,17,26H,6,13-16,18-19H2,1-5H3. The Morgan fingerprint density at radius 1 is 1.10 bits per heavy atom. The number of rotatable bonds is 6. The summed E-state index contributed by atoms with van der Waals surface area (Å²) < 4.78 is 7.25. The summed E-state index contributed by atoms with van der Waals surface area (Å²) in [5.74, 6) is 1.63. The molecule has 1 atom stereocenters. The first-order valence-corrected chi connectivity index (χ1v) is 15.4. The van der Waals surface area contributed by atoms with E-state index in [0.29, 0.717) is 24.7 Å². The van der Waals surface area contributed by atoms with Crippen molar-refractivity contribution in [1.29, 1.82) is 0 Å². The first-order chi connectivity index (χ1) is 18.7. The molecule has 8 nitrogen and oxygen atoms in total. The summed E-state index contributed by atoms with van der Waals surface area (Å²) in [5, 5.41) is 7.17. The molecule has 208 valence electrons. The molecule has 5 rings (SSSR count). The van der Waals surface area contributed by atoms with Crippen LogP contribution in [0.4, 0.5) is 5.82 Å². The third-order valence-electron chi connectivity index (χ3n) is 7.38. The lowest BCUT2D eigenvalue weighted by Crippen LogP contribution is -2.52. The fourth-order valence-corrected chi connectivity index (χ4v) is 7.37. The quantitative estimate of drug-likeness (QED) is 0.435. The van der Waals surface area contributed by atoms with Crippen LogP contribution >= 0.6 is 23.1 Å². The Balaban J connectivity index is 1.64. The first kappa shape index (κ1) is 27.7. The lowest BCUT2D eigenvalue weighted by atomic mass is 9.88. The van der Waals surface area contributed by atoms with Crippen LogP contribution in [0.5, 0.6) is 5.75 Å². The van der Waals surface area contributed by atoms with Gasteiger partial charge in [0.1, 0.15) is 18.1 Å². The van der Waals surface area contributed by atoms with E-state index in [-0.39, 0.29) is 29.0 Å². The van der Waals surface area contributed by atoms with Crippen LogP contribution in [0.1, 0.15) is 49.1 Å². The second-order valence-corrected chi connectivity index (χ2v) is 13.0. The van der Waals surface area contributed by atoms with Crippen molar-refractivity contribution in [2.45, 2.75) is 38.4 Å². The number of nitrogens with zero attached hydrogens (tertiary/aromatic N) is 5. The van der Waals surface area contributed by atoms with Gasteiger partial charge in [0.25, 0.3) is 0 Å². The fourth-order valence-electron chi connectivity index (χ4n) is 5.19. The topological polar surface area (TPSA) is 70.9 Å². The second-order valence-electron chi connectivity index (χ2n) is 10.9. The molecule has 3 aromatic rings. The van der Waals surface area contributed by atoms with Crippen LogP contribution in [-0.2, 0) is 15.0 Å². The minimum Gasteiger partial charge on any atom is -0.497 e. The molecule has 1 saturated heterocycles. The number of carbonyl (C=O) groups excluding carboxylic acids is 2. The summed E-state index contributed by atoms with van der Waals surface area (Å²) in [6, 6.07) is 11.9. The van der Waals surface area contributed by atoms with Gasteiger partial charge in [0.15, 0.2) is 0 Å². The van der Waals surface area contributed by atoms with Gasteiger partial charge in [-0.05, 0) is 42.3 Å². The van der Waals surface area contributed by atoms with Crippen LogP contribution in [0.15, 0.2) is 41.8 Å². The van der Waals surface area contributed by atoms with Crippen LogP contribution < -0.4 is 9.64 Å². The highest BCUT2D eigenvalue weighted by Gasteiger charge is 2.40. The summed E-state index contributed by atoms with van der Waals surface area (Å²) in [4.78, 5) is 34.6. The van der Waals surface area contributed by atoms with Gasteiger partial charge in [-0.3, -0.25) is 14.5 Å². The van der Waals surface area contributed by atoms with E-state index in [9.17, 15) is 9.59 Å². The minimum absolute atomic E-state index is 0.00110. The van der Waals surface area contributed by atoms with Crippen LogP contribution in [0, 0.1) is 0 Å². The molecule has 1 unspecified atom stereocenters. The average molecular weight is 568 g/mol. The van der Waals surface area contributed by atoms with Crippen molar-refractivity contribution in [3.8, 4) is 11.4 Å². The number of benzene rings is 1. The largest absolute Gasteiger partial charge is 0.497 e. The van der Waals surface area contributed by atoms with Gasteiger partial charge in [0.2, 0.25) is 11.8 Å². The van der Waals surface area contributed by atoms with E-state index in [2.05, 4.69) is 50.1 Å². The zero-order valence-corrected chi connectivity index (χ0v) is 25.0. The minimum atomic E-state index is -0.280. The fraction of sp³-hybridized carbons (Fsp3) is 0.483. The molecule has 0 N–H and O–H groups in total. The molecule has 10 heteroatoms. The predicted molar refractivity (Wildman–Crippen MR) is 158 cm³/mol. The Morgan fingerprint density at radius 3 is 2.41 bits per heavy atom. The molecular weight excluding hydrogens is 530 g/mol. The Labute approximate surface area is 238 Å². The molecule has 1 fully saturated rings. The molecule has 2 aliphatic heterocycles. The Hall–Kier alpha value is -2.82. The van der Waals surface area contributed by atoms with E-state index < -0.39 is 0 Å². The third kappa shape index (κ3) is 5.60. The van der Waals surface area contributed by atoms with Crippen LogP contribution in [0.2, 0.25) is 0 Å². The Bertz CT molecular complexity index is 1310. The van der Waals surface area contributed by atoms with Crippen molar-refractivity contribution >= 4 is 40.7 Å². The van der Waals surface area contributed by atoms with Crippen molar-refractivity contribution in [2.24, 2.45) is 0 Å². The number of fused-ring (bicyclic) bond motifs is 1. The predicted octanol–water partition coefficient (Wildman–Crippen LogP) is 4.57. The van der Waals surface area contributed by atoms with Gasteiger partial charge in [-0.2, -0.15) is 5.10 Å². The van der Waals surface area contributed by atoms with Crippen molar-refractivity contribution in [3.63, 3.8) is 0 Å². The number of thioether (sulfide) groups is 1. The number of piperazine rings is 1. The maximum absolute atomic E-state index is 13.8. The maximum Gasteiger partial charge on any atom is 0.242 e. The van der Waals surface area contributed by atoms with Gasteiger partial charge in [-0.25, -0.2) is 4.68 Å². The Morgan fingerprint density at radius 2 is 1.82 bits per heavy atom. The summed E-state index contributed by atoms with van der Waals surface area (Å²) in [6.45, 7) is 12.7. The van der Waals surface area contributed by atoms with Crippen LogP contribution in [-0.4, -0.2) is 83.5 Å². The van der Waals surface area contributed by atoms with Gasteiger partial charge >= 0.3 is 0 Å². The number of thiophene rings is 1. The molecule has 2 amide bonds. The number of methoxy groups -OCH3 is 1. The van der Waals surface area contributed by atoms with E-state index in [1.165, 1.54) is 4.88 Å². The van der Waals surface area contributed by atoms with E-state index >= 15 is 0 Å². The lowest BCUT2D eigenvalue weighted by Gasteiger charge is -2.35. The summed E-state index contributed by atoms with van der Waals surface area (Å²) >= 11 is 3.31. The van der Waals surface area contributed by atoms with E-state index in [1.807, 2.05) is 33.8 Å². The average Bonchev–Trinajstić information content (AvgIpc) is 3.58. The van der Waals surface area contributed by atoms with Crippen LogP contribution in [0.3, 0.4) is 0 Å². The highest BCUT2D eigenvalue weighted by Crippen LogP contribution is 2.49. The third-order valence-corrected chi connectivity index (χ3v) is 9.71. The molecule has 0 saturated carbocycles. The molecule has 2 aromatic heterocycles. The number of carbonyl (C=O) groups is 2. The Kier molecular flexibility index (Phi) is 8.07. The molecule has 2 aliphatic rings. The molecule has 0 radical (unpaired) electrons. The number of ether oxygens (including phenoxy) is 1. The SMILES string of the molecule is CCN1CCN(C(=O)CN2C(=O)CSC(c3cccs3)c3c(C(C)(C)C)nn(-c4ccc(OC)cc4)c32)CC1. The number of hydrogen-bond acceptors (Lipinski definition) is 7. The van der Waals surface area contributed by atoms with E-state index in [0.717, 1.165) is 42.3 Å². The van der Waals surface area contributed by atoms with Crippen molar-refractivity contribution in [2.75, 3.05) is 57.0 Å². The molecule has 0 spiro atoms. The molecule has 0 bridgehead atoms. The zero-order chi connectivity index (χ0) is 27.7. The number of hydrogen-bond donors (Lipinski definition) is 0. The van der Waals surface area contributed by atoms with Gasteiger partial charge < -0.3 is 14.5 Å². The highest BCUT2D eigenvalue weighted by atomic mass is 32.2. The number of amides is 2. The first-order valence-electron chi connectivity index (χ1n) is 13.4. The molecule has 4 heterocycles. The number of likely N-dealkylation sites (N-methyl/N-ethyl adjacent to an activating group) is 1. The highest BCUT2D eigenvalue weighted by molar-refractivity contribution is 8.00. The molecule has 0 aliphatic carbocycles. The van der Waals surface area contributed by atoms with E-state index in [1.54, 1.807) is 35.1 Å². The maximum atomic E-state index is 13.8. The molecule has 1 aromatic carbocycles. The van der Waals surface area contributed by atoms with E-state index in [4.69, 9.17) is 9.84 Å². The van der Waals surface area contributed by atoms with Gasteiger partial charge in [-0.1, -0.05) is 33.8 Å². The smallest absolute Gasteiger partial charge is 0.242 e. The van der Waals surface area contributed by atoms with Crippen molar-refractivity contribution in [1.82, 2.24) is 19.6 Å². The van der Waals surface area contributed by atoms with Crippen molar-refractivity contribution < 1.29 is 14.3 Å². The van der Waals surface area contributed by atoms with Gasteiger partial charge in [0, 0.05) is 42.0 Å². The second kappa shape index (κ2) is 11.3. The normalized spacial score (nSPS) is 18.7. The van der Waals surface area contributed by atoms with Crippen LogP contribution in [0.25, 0.3) is 5.69 Å². The van der Waals surface area contributed by atoms with Crippen molar-refractivity contribution in [3.05, 3.63) is 57.9 Å². The summed E-state index contributed by atoms with van der Waals surface area (Å²) in [7, 11) is 1.64. The summed E-state index contributed by atoms with van der Waals surface area (Å²) in [6.07, 6.45) is 0. The molecule has 39 heavy (non-hydrogen) atoms. The van der Waals surface area contributed by atoms with Gasteiger partial charge in [0.05, 0.1) is 29.5 Å². The lowest BCUT2D eigenvalue weighted by molar-refractivity contribution is -0.132. The molecular formula is C29H37N5O3S2. The zero-order valence-electron chi connectivity index (χ0n) is 23.3. The summed E-state index contributed by atoms with van der Waals surface area (Å²) in [5.41, 5.74) is 2.49. The number of anilines is 1. The van der Waals surface area contributed by atoms with Gasteiger partial charge in [-0.15, -0.1) is 23.1 Å².